The summed E-state index contributed by atoms with van der Waals surface area (Å²) in [5, 5.41) is 10.3. The molecule has 116 valence electrons. The molecule has 0 spiro atoms. The summed E-state index contributed by atoms with van der Waals surface area (Å²) in [5.74, 6) is 2.09. The highest BCUT2D eigenvalue weighted by molar-refractivity contribution is 5.54. The molecule has 0 radical (unpaired) electrons. The van der Waals surface area contributed by atoms with Crippen LogP contribution in [0.4, 0.5) is 0 Å². The standard InChI is InChI=1S/C17H19NO4/c1-20-15-4-11-12-7-18(13(11)5-14(15)19)6-9-2-16-17(3-10(9)12)22-8-21-16/h2-4,12-15,19H,5-8H2,1H3/t12-,13-,14+,15+/m1/s1. The minimum absolute atomic E-state index is 0.190. The quantitative estimate of drug-likeness (QED) is 0.795. The predicted molar refractivity (Wildman–Crippen MR) is 79.0 cm³/mol. The Labute approximate surface area is 129 Å². The van der Waals surface area contributed by atoms with Crippen LogP contribution in [0.25, 0.3) is 0 Å². The molecule has 0 amide bonds. The lowest BCUT2D eigenvalue weighted by Crippen LogP contribution is -2.40. The van der Waals surface area contributed by atoms with E-state index < -0.39 is 6.10 Å². The Morgan fingerprint density at radius 2 is 2.09 bits per heavy atom. The van der Waals surface area contributed by atoms with Gasteiger partial charge in [-0.25, -0.2) is 0 Å². The van der Waals surface area contributed by atoms with Gasteiger partial charge in [-0.05, 0) is 35.3 Å². The molecule has 5 atom stereocenters. The summed E-state index contributed by atoms with van der Waals surface area (Å²) in [4.78, 5) is 2.47. The monoisotopic (exact) mass is 301 g/mol. The van der Waals surface area contributed by atoms with Gasteiger partial charge in [0, 0.05) is 32.2 Å². The Morgan fingerprint density at radius 3 is 2.91 bits per heavy atom. The molecule has 5 rings (SSSR count). The Hall–Kier alpha value is -1.56. The average molecular weight is 301 g/mol. The van der Waals surface area contributed by atoms with E-state index in [0.717, 1.165) is 31.0 Å². The zero-order valence-electron chi connectivity index (χ0n) is 12.5. The molecule has 3 aliphatic heterocycles. The maximum Gasteiger partial charge on any atom is 0.231 e. The first-order valence-electron chi connectivity index (χ1n) is 7.83. The van der Waals surface area contributed by atoms with Gasteiger partial charge in [0.05, 0.1) is 6.10 Å². The Balaban J connectivity index is 1.61. The van der Waals surface area contributed by atoms with Crippen LogP contribution in [-0.2, 0) is 11.3 Å². The molecule has 4 aliphatic rings. The van der Waals surface area contributed by atoms with Gasteiger partial charge in [-0.2, -0.15) is 0 Å². The van der Waals surface area contributed by atoms with Gasteiger partial charge >= 0.3 is 0 Å². The Morgan fingerprint density at radius 1 is 1.27 bits per heavy atom. The van der Waals surface area contributed by atoms with Gasteiger partial charge in [0.1, 0.15) is 6.10 Å². The molecule has 2 bridgehead atoms. The summed E-state index contributed by atoms with van der Waals surface area (Å²) in [6.07, 6.45) is 2.28. The maximum atomic E-state index is 10.3. The van der Waals surface area contributed by atoms with E-state index in [1.54, 1.807) is 7.11 Å². The van der Waals surface area contributed by atoms with Crippen molar-refractivity contribution < 1.29 is 19.3 Å². The van der Waals surface area contributed by atoms with Crippen molar-refractivity contribution in [2.24, 2.45) is 0 Å². The average Bonchev–Trinajstić information content (AvgIpc) is 3.08. The molecule has 5 heteroatoms. The van der Waals surface area contributed by atoms with Gasteiger partial charge in [-0.15, -0.1) is 0 Å². The highest BCUT2D eigenvalue weighted by Crippen LogP contribution is 2.49. The first kappa shape index (κ1) is 12.9. The number of benzene rings is 1. The topological polar surface area (TPSA) is 51.2 Å². The van der Waals surface area contributed by atoms with Crippen LogP contribution in [-0.4, -0.2) is 48.7 Å². The number of aliphatic hydroxyl groups excluding tert-OH is 1. The molecule has 1 aliphatic carbocycles. The second-order valence-electron chi connectivity index (χ2n) is 6.57. The van der Waals surface area contributed by atoms with Crippen molar-refractivity contribution in [3.05, 3.63) is 34.9 Å². The summed E-state index contributed by atoms with van der Waals surface area (Å²) < 4.78 is 16.5. The van der Waals surface area contributed by atoms with Crippen LogP contribution in [0.15, 0.2) is 23.8 Å². The summed E-state index contributed by atoms with van der Waals surface area (Å²) >= 11 is 0. The lowest BCUT2D eigenvalue weighted by atomic mass is 9.82. The molecule has 0 aromatic heterocycles. The highest BCUT2D eigenvalue weighted by Gasteiger charge is 2.46. The van der Waals surface area contributed by atoms with Gasteiger partial charge < -0.3 is 19.3 Å². The molecular formula is C17H19NO4. The van der Waals surface area contributed by atoms with Crippen molar-refractivity contribution in [3.8, 4) is 11.5 Å². The van der Waals surface area contributed by atoms with Crippen molar-refractivity contribution in [1.29, 1.82) is 0 Å². The number of rotatable bonds is 1. The largest absolute Gasteiger partial charge is 0.454 e. The number of methoxy groups -OCH3 is 1. The number of nitrogens with zero attached hydrogens (tertiary/aromatic N) is 1. The van der Waals surface area contributed by atoms with Crippen molar-refractivity contribution in [1.82, 2.24) is 4.90 Å². The maximum absolute atomic E-state index is 10.3. The van der Waals surface area contributed by atoms with E-state index in [-0.39, 0.29) is 6.10 Å². The van der Waals surface area contributed by atoms with Crippen LogP contribution in [0.1, 0.15) is 23.5 Å². The van der Waals surface area contributed by atoms with Crippen LogP contribution >= 0.6 is 0 Å². The molecule has 1 N–H and O–H groups in total. The van der Waals surface area contributed by atoms with Crippen LogP contribution in [0.3, 0.4) is 0 Å². The molecule has 5 nitrogen and oxygen atoms in total. The molecule has 22 heavy (non-hydrogen) atoms. The van der Waals surface area contributed by atoms with Gasteiger partial charge in [0.2, 0.25) is 6.79 Å². The second-order valence-corrected chi connectivity index (χ2v) is 6.57. The summed E-state index contributed by atoms with van der Waals surface area (Å²) in [6.45, 7) is 2.25. The molecule has 1 aromatic rings. The molecule has 1 aromatic carbocycles. The summed E-state index contributed by atoms with van der Waals surface area (Å²) in [7, 11) is 1.67. The van der Waals surface area contributed by atoms with E-state index in [4.69, 9.17) is 14.2 Å². The van der Waals surface area contributed by atoms with Gasteiger partial charge in [-0.3, -0.25) is 4.90 Å². The zero-order valence-corrected chi connectivity index (χ0v) is 12.5. The van der Waals surface area contributed by atoms with E-state index in [1.165, 1.54) is 16.7 Å². The first-order chi connectivity index (χ1) is 10.7. The van der Waals surface area contributed by atoms with Gasteiger partial charge in [0.25, 0.3) is 0 Å². The van der Waals surface area contributed by atoms with Crippen molar-refractivity contribution in [2.75, 3.05) is 20.4 Å². The van der Waals surface area contributed by atoms with E-state index in [9.17, 15) is 5.11 Å². The third kappa shape index (κ3) is 1.64. The number of hydrogen-bond donors (Lipinski definition) is 1. The predicted octanol–water partition coefficient (Wildman–Crippen LogP) is 1.40. The van der Waals surface area contributed by atoms with Crippen molar-refractivity contribution >= 4 is 0 Å². The van der Waals surface area contributed by atoms with E-state index in [0.29, 0.717) is 18.8 Å². The van der Waals surface area contributed by atoms with E-state index in [1.807, 2.05) is 0 Å². The number of aliphatic hydroxyl groups is 1. The third-order valence-electron chi connectivity index (χ3n) is 5.50. The number of ether oxygens (including phenoxy) is 3. The smallest absolute Gasteiger partial charge is 0.231 e. The fourth-order valence-corrected chi connectivity index (χ4v) is 4.44. The van der Waals surface area contributed by atoms with Crippen molar-refractivity contribution in [2.45, 2.75) is 37.1 Å². The molecule has 1 unspecified atom stereocenters. The van der Waals surface area contributed by atoms with Crippen molar-refractivity contribution in [3.63, 3.8) is 0 Å². The minimum Gasteiger partial charge on any atom is -0.454 e. The second kappa shape index (κ2) is 4.47. The molecule has 3 heterocycles. The van der Waals surface area contributed by atoms with E-state index in [2.05, 4.69) is 23.1 Å². The molecule has 1 saturated heterocycles. The van der Waals surface area contributed by atoms with Crippen LogP contribution in [0.5, 0.6) is 11.5 Å². The highest BCUT2D eigenvalue weighted by atomic mass is 16.7. The lowest BCUT2D eigenvalue weighted by molar-refractivity contribution is -0.00476. The summed E-state index contributed by atoms with van der Waals surface area (Å²) in [5.41, 5.74) is 4.06. The SMILES string of the molecule is CO[C@H]1C=C2[C@@H](C[C@@H]1O)N1Cc3cc4c(cc3[C@H]2C1)OCO4. The Bertz CT molecular complexity index is 671. The molecular weight excluding hydrogens is 282 g/mol. The minimum atomic E-state index is -0.419. The number of hydrogen-bond acceptors (Lipinski definition) is 5. The summed E-state index contributed by atoms with van der Waals surface area (Å²) in [6, 6.07) is 4.60. The molecule has 0 saturated carbocycles. The van der Waals surface area contributed by atoms with Crippen LogP contribution in [0, 0.1) is 0 Å². The zero-order chi connectivity index (χ0) is 14.8. The van der Waals surface area contributed by atoms with Gasteiger partial charge in [-0.1, -0.05) is 6.08 Å². The number of fused-ring (bicyclic) bond motifs is 8. The Kier molecular flexibility index (Phi) is 2.63. The first-order valence-corrected chi connectivity index (χ1v) is 7.83. The fraction of sp³-hybridized carbons (Fsp3) is 0.529. The van der Waals surface area contributed by atoms with Crippen LogP contribution in [0.2, 0.25) is 0 Å². The molecule has 1 fully saturated rings. The normalized spacial score (nSPS) is 37.5. The van der Waals surface area contributed by atoms with E-state index >= 15 is 0 Å². The van der Waals surface area contributed by atoms with Crippen LogP contribution < -0.4 is 9.47 Å². The third-order valence-corrected chi connectivity index (χ3v) is 5.50. The van der Waals surface area contributed by atoms with Gasteiger partial charge in [0.15, 0.2) is 11.5 Å². The lowest BCUT2D eigenvalue weighted by Gasteiger charge is -2.32. The fourth-order valence-electron chi connectivity index (χ4n) is 4.44.